The first kappa shape index (κ1) is 15.9. The number of benzene rings is 1. The molecule has 0 radical (unpaired) electrons. The van der Waals surface area contributed by atoms with E-state index in [0.29, 0.717) is 6.04 Å². The largest absolute Gasteiger partial charge is 0.303 e. The fraction of sp³-hybridized carbons (Fsp3) is 0.647. The molecule has 112 valence electrons. The zero-order valence-corrected chi connectivity index (χ0v) is 13.7. The van der Waals surface area contributed by atoms with E-state index in [9.17, 15) is 0 Å². The van der Waals surface area contributed by atoms with Crippen LogP contribution >= 0.6 is 12.6 Å². The van der Waals surface area contributed by atoms with Gasteiger partial charge in [0.1, 0.15) is 0 Å². The fourth-order valence-corrected chi connectivity index (χ4v) is 3.41. The molecule has 1 heterocycles. The Balaban J connectivity index is 1.98. The molecule has 1 aliphatic rings. The summed E-state index contributed by atoms with van der Waals surface area (Å²) in [4.78, 5) is 5.12. The summed E-state index contributed by atoms with van der Waals surface area (Å²) < 4.78 is 0. The number of likely N-dealkylation sites (N-methyl/N-ethyl adjacent to an activating group) is 1. The van der Waals surface area contributed by atoms with E-state index in [0.717, 1.165) is 18.2 Å². The molecule has 20 heavy (non-hydrogen) atoms. The van der Waals surface area contributed by atoms with Gasteiger partial charge >= 0.3 is 0 Å². The Morgan fingerprint density at radius 2 is 1.95 bits per heavy atom. The minimum absolute atomic E-state index is 0.554. The van der Waals surface area contributed by atoms with Crippen molar-refractivity contribution in [2.45, 2.75) is 25.8 Å². The van der Waals surface area contributed by atoms with Crippen molar-refractivity contribution in [3.63, 3.8) is 0 Å². The number of rotatable bonds is 6. The summed E-state index contributed by atoms with van der Waals surface area (Å²) in [6.07, 6.45) is 2.51. The van der Waals surface area contributed by atoms with Crippen LogP contribution in [0.25, 0.3) is 0 Å². The lowest BCUT2D eigenvalue weighted by Crippen LogP contribution is -2.47. The van der Waals surface area contributed by atoms with Crippen molar-refractivity contribution in [2.75, 3.05) is 39.0 Å². The lowest BCUT2D eigenvalue weighted by atomic mass is 10.00. The van der Waals surface area contributed by atoms with Gasteiger partial charge in [-0.2, -0.15) is 12.6 Å². The van der Waals surface area contributed by atoms with E-state index in [1.807, 2.05) is 0 Å². The predicted octanol–water partition coefficient (Wildman–Crippen LogP) is 3.32. The summed E-state index contributed by atoms with van der Waals surface area (Å²) in [5.41, 5.74) is 1.46. The molecule has 1 saturated heterocycles. The van der Waals surface area contributed by atoms with Gasteiger partial charge in [-0.3, -0.25) is 4.90 Å². The zero-order chi connectivity index (χ0) is 14.4. The van der Waals surface area contributed by atoms with Crippen molar-refractivity contribution in [1.29, 1.82) is 0 Å². The van der Waals surface area contributed by atoms with E-state index < -0.39 is 0 Å². The van der Waals surface area contributed by atoms with Gasteiger partial charge in [0.25, 0.3) is 0 Å². The van der Waals surface area contributed by atoms with Crippen molar-refractivity contribution >= 4 is 12.6 Å². The minimum atomic E-state index is 0.554. The third-order valence-corrected chi connectivity index (χ3v) is 4.67. The van der Waals surface area contributed by atoms with Crippen molar-refractivity contribution < 1.29 is 0 Å². The third kappa shape index (κ3) is 4.51. The fourth-order valence-electron chi connectivity index (χ4n) is 2.97. The highest BCUT2D eigenvalue weighted by molar-refractivity contribution is 7.80. The first-order chi connectivity index (χ1) is 9.70. The van der Waals surface area contributed by atoms with Crippen LogP contribution in [-0.2, 0) is 0 Å². The topological polar surface area (TPSA) is 6.48 Å². The van der Waals surface area contributed by atoms with Gasteiger partial charge in [0.05, 0.1) is 0 Å². The van der Waals surface area contributed by atoms with Gasteiger partial charge in [-0.05, 0) is 43.7 Å². The monoisotopic (exact) mass is 292 g/mol. The zero-order valence-electron chi connectivity index (χ0n) is 12.8. The number of thiol groups is 1. The third-order valence-electron chi connectivity index (χ3n) is 4.41. The Hall–Kier alpha value is -0.510. The normalized spacial score (nSPS) is 22.9. The average Bonchev–Trinajstić information content (AvgIpc) is 2.47. The number of nitrogens with zero attached hydrogens (tertiary/aromatic N) is 2. The Kier molecular flexibility index (Phi) is 6.40. The smallest absolute Gasteiger partial charge is 0.0475 e. The Labute approximate surface area is 129 Å². The van der Waals surface area contributed by atoms with Crippen LogP contribution in [0, 0.1) is 5.92 Å². The molecule has 2 atom stereocenters. The second kappa shape index (κ2) is 8.06. The quantitative estimate of drug-likeness (QED) is 0.804. The van der Waals surface area contributed by atoms with Gasteiger partial charge < -0.3 is 4.90 Å². The molecule has 1 aliphatic heterocycles. The van der Waals surface area contributed by atoms with Crippen LogP contribution in [0.4, 0.5) is 0 Å². The second-order valence-electron chi connectivity index (χ2n) is 6.13. The van der Waals surface area contributed by atoms with Gasteiger partial charge in [-0.15, -0.1) is 0 Å². The molecule has 0 aliphatic carbocycles. The number of hydrogen-bond acceptors (Lipinski definition) is 3. The van der Waals surface area contributed by atoms with E-state index >= 15 is 0 Å². The highest BCUT2D eigenvalue weighted by Crippen LogP contribution is 2.25. The van der Waals surface area contributed by atoms with E-state index in [1.54, 1.807) is 0 Å². The molecule has 1 aromatic carbocycles. The van der Waals surface area contributed by atoms with Crippen LogP contribution in [0.3, 0.4) is 0 Å². The first-order valence-electron chi connectivity index (χ1n) is 7.79. The molecule has 1 aromatic rings. The summed E-state index contributed by atoms with van der Waals surface area (Å²) in [6.45, 7) is 7.07. The van der Waals surface area contributed by atoms with Gasteiger partial charge in [-0.25, -0.2) is 0 Å². The Morgan fingerprint density at radius 1 is 1.20 bits per heavy atom. The van der Waals surface area contributed by atoms with Gasteiger partial charge in [-0.1, -0.05) is 37.3 Å². The molecule has 2 unspecified atom stereocenters. The van der Waals surface area contributed by atoms with Crippen LogP contribution in [0.15, 0.2) is 30.3 Å². The molecule has 2 rings (SSSR count). The molecular weight excluding hydrogens is 264 g/mol. The lowest BCUT2D eigenvalue weighted by molar-refractivity contribution is 0.0848. The van der Waals surface area contributed by atoms with Crippen molar-refractivity contribution in [3.05, 3.63) is 35.9 Å². The average molecular weight is 292 g/mol. The first-order valence-corrected chi connectivity index (χ1v) is 8.42. The molecule has 0 spiro atoms. The van der Waals surface area contributed by atoms with Gasteiger partial charge in [0, 0.05) is 25.7 Å². The van der Waals surface area contributed by atoms with Crippen molar-refractivity contribution in [3.8, 4) is 0 Å². The number of hydrogen-bond donors (Lipinski definition) is 1. The summed E-state index contributed by atoms with van der Waals surface area (Å²) in [5.74, 6) is 1.79. The van der Waals surface area contributed by atoms with Crippen molar-refractivity contribution in [1.82, 2.24) is 9.80 Å². The maximum absolute atomic E-state index is 4.35. The summed E-state index contributed by atoms with van der Waals surface area (Å²) in [7, 11) is 2.23. The van der Waals surface area contributed by atoms with Crippen LogP contribution in [0.2, 0.25) is 0 Å². The maximum atomic E-state index is 4.35. The van der Waals surface area contributed by atoms with Crippen LogP contribution < -0.4 is 0 Å². The molecular formula is C17H28N2S. The highest BCUT2D eigenvalue weighted by atomic mass is 32.1. The standard InChI is InChI=1S/C17H28N2S/c1-15(9-13-20)8-10-19-12-11-18(2)14-17(19)16-6-4-3-5-7-16/h3-7,15,17,20H,8-14H2,1-2H3. The number of piperazine rings is 1. The van der Waals surface area contributed by atoms with Gasteiger partial charge in [0.15, 0.2) is 0 Å². The Bertz CT molecular complexity index is 382. The van der Waals surface area contributed by atoms with E-state index in [4.69, 9.17) is 0 Å². The highest BCUT2D eigenvalue weighted by Gasteiger charge is 2.26. The van der Waals surface area contributed by atoms with E-state index in [2.05, 4.69) is 66.7 Å². The van der Waals surface area contributed by atoms with Crippen LogP contribution in [0.1, 0.15) is 31.4 Å². The Morgan fingerprint density at radius 3 is 2.65 bits per heavy atom. The van der Waals surface area contributed by atoms with E-state index in [1.165, 1.54) is 38.0 Å². The molecule has 3 heteroatoms. The summed E-state index contributed by atoms with van der Waals surface area (Å²) in [5, 5.41) is 0. The van der Waals surface area contributed by atoms with Crippen molar-refractivity contribution in [2.24, 2.45) is 5.92 Å². The molecule has 0 bridgehead atoms. The molecule has 0 amide bonds. The predicted molar refractivity (Wildman–Crippen MR) is 90.5 cm³/mol. The lowest BCUT2D eigenvalue weighted by Gasteiger charge is -2.40. The van der Waals surface area contributed by atoms with Crippen LogP contribution in [-0.4, -0.2) is 48.8 Å². The molecule has 2 nitrogen and oxygen atoms in total. The SMILES string of the molecule is CC(CCS)CCN1CCN(C)CC1c1ccccc1. The summed E-state index contributed by atoms with van der Waals surface area (Å²) >= 11 is 4.35. The molecule has 1 fully saturated rings. The van der Waals surface area contributed by atoms with Gasteiger partial charge in [0.2, 0.25) is 0 Å². The van der Waals surface area contributed by atoms with Crippen LogP contribution in [0.5, 0.6) is 0 Å². The second-order valence-corrected chi connectivity index (χ2v) is 6.58. The maximum Gasteiger partial charge on any atom is 0.0475 e. The van der Waals surface area contributed by atoms with E-state index in [-0.39, 0.29) is 0 Å². The molecule has 0 N–H and O–H groups in total. The summed E-state index contributed by atoms with van der Waals surface area (Å²) in [6, 6.07) is 11.5. The minimum Gasteiger partial charge on any atom is -0.303 e. The molecule has 0 saturated carbocycles. The molecule has 0 aromatic heterocycles.